The summed E-state index contributed by atoms with van der Waals surface area (Å²) < 4.78 is 5.71. The minimum absolute atomic E-state index is 0.0450. The number of hydrogen-bond acceptors (Lipinski definition) is 2. The van der Waals surface area contributed by atoms with Gasteiger partial charge in [0, 0.05) is 18.9 Å². The molecule has 0 aliphatic heterocycles. The minimum Gasteiger partial charge on any atom is -0.365 e. The Morgan fingerprint density at radius 2 is 1.69 bits per heavy atom. The Balaban J connectivity index is 1.32. The second-order valence-corrected chi connectivity index (χ2v) is 11.5. The van der Waals surface area contributed by atoms with Gasteiger partial charge in [-0.1, -0.05) is 44.2 Å². The Morgan fingerprint density at radius 3 is 2.45 bits per heavy atom. The number of fused-ring (bicyclic) bond motifs is 5. The highest BCUT2D eigenvalue weighted by Gasteiger charge is 2.65. The molecule has 4 aliphatic carbocycles. The van der Waals surface area contributed by atoms with Crippen LogP contribution in [0.15, 0.2) is 30.3 Å². The molecule has 3 unspecified atom stereocenters. The molecule has 0 heterocycles. The maximum absolute atomic E-state index is 11.2. The van der Waals surface area contributed by atoms with Crippen LogP contribution in [-0.4, -0.2) is 18.0 Å². The third-order valence-corrected chi connectivity index (χ3v) is 10.6. The van der Waals surface area contributed by atoms with Gasteiger partial charge in [0.1, 0.15) is 0 Å². The molecule has 0 saturated heterocycles. The van der Waals surface area contributed by atoms with Gasteiger partial charge < -0.3 is 9.84 Å². The number of benzene rings is 1. The van der Waals surface area contributed by atoms with Crippen molar-refractivity contribution in [2.24, 2.45) is 40.4 Å². The van der Waals surface area contributed by atoms with Gasteiger partial charge in [0.05, 0.1) is 0 Å². The fraction of sp³-hybridized carbons (Fsp3) is 0.778. The molecule has 0 aromatic heterocycles. The van der Waals surface area contributed by atoms with E-state index in [9.17, 15) is 5.11 Å². The first-order valence-electron chi connectivity index (χ1n) is 12.2. The summed E-state index contributed by atoms with van der Waals surface area (Å²) in [6, 6.07) is 11.1. The van der Waals surface area contributed by atoms with E-state index >= 15 is 0 Å². The van der Waals surface area contributed by atoms with E-state index in [-0.39, 0.29) is 5.41 Å². The van der Waals surface area contributed by atoms with E-state index in [4.69, 9.17) is 4.74 Å². The largest absolute Gasteiger partial charge is 0.365 e. The van der Waals surface area contributed by atoms with Crippen LogP contribution in [0.5, 0.6) is 0 Å². The fourth-order valence-electron chi connectivity index (χ4n) is 8.79. The highest BCUT2D eigenvalue weighted by molar-refractivity contribution is 5.16. The quantitative estimate of drug-likeness (QED) is 0.614. The lowest BCUT2D eigenvalue weighted by atomic mass is 9.44. The highest BCUT2D eigenvalue weighted by Crippen LogP contribution is 2.68. The lowest BCUT2D eigenvalue weighted by molar-refractivity contribution is -0.266. The third-order valence-electron chi connectivity index (χ3n) is 10.6. The summed E-state index contributed by atoms with van der Waals surface area (Å²) in [6.07, 6.45) is 12.7. The van der Waals surface area contributed by atoms with Crippen molar-refractivity contribution >= 4 is 0 Å². The van der Waals surface area contributed by atoms with Crippen LogP contribution in [0.3, 0.4) is 0 Å². The lowest BCUT2D eigenvalue weighted by Gasteiger charge is -2.61. The Morgan fingerprint density at radius 1 is 0.931 bits per heavy atom. The van der Waals surface area contributed by atoms with Gasteiger partial charge in [-0.15, -0.1) is 0 Å². The molecule has 4 aliphatic rings. The second kappa shape index (κ2) is 7.09. The minimum atomic E-state index is -0.895. The van der Waals surface area contributed by atoms with Gasteiger partial charge in [-0.3, -0.25) is 0 Å². The molecule has 4 saturated carbocycles. The molecular weight excluding hydrogens is 356 g/mol. The van der Waals surface area contributed by atoms with Gasteiger partial charge in [-0.25, -0.2) is 0 Å². The Labute approximate surface area is 177 Å². The molecule has 0 radical (unpaired) electrons. The van der Waals surface area contributed by atoms with Crippen molar-refractivity contribution in [1.82, 2.24) is 0 Å². The molecule has 0 amide bonds. The highest BCUT2D eigenvalue weighted by atomic mass is 16.6. The smallest absolute Gasteiger partial charge is 0.170 e. The zero-order valence-corrected chi connectivity index (χ0v) is 18.7. The van der Waals surface area contributed by atoms with Crippen LogP contribution < -0.4 is 0 Å². The van der Waals surface area contributed by atoms with Crippen LogP contribution >= 0.6 is 0 Å². The van der Waals surface area contributed by atoms with E-state index in [1.165, 1.54) is 50.5 Å². The predicted molar refractivity (Wildman–Crippen MR) is 117 cm³/mol. The van der Waals surface area contributed by atoms with Crippen molar-refractivity contribution in [2.75, 3.05) is 7.11 Å². The Kier molecular flexibility index (Phi) is 4.91. The summed E-state index contributed by atoms with van der Waals surface area (Å²) in [4.78, 5) is 0. The van der Waals surface area contributed by atoms with Gasteiger partial charge in [0.2, 0.25) is 0 Å². The molecule has 2 nitrogen and oxygen atoms in total. The van der Waals surface area contributed by atoms with E-state index < -0.39 is 5.79 Å². The lowest BCUT2D eigenvalue weighted by Crippen LogP contribution is -2.57. The van der Waals surface area contributed by atoms with Crippen molar-refractivity contribution in [1.29, 1.82) is 0 Å². The summed E-state index contributed by atoms with van der Waals surface area (Å²) in [7, 11) is 1.71. The summed E-state index contributed by atoms with van der Waals surface area (Å²) in [6.45, 7) is 4.98. The third kappa shape index (κ3) is 2.96. The monoisotopic (exact) mass is 396 g/mol. The van der Waals surface area contributed by atoms with E-state index in [2.05, 4.69) is 44.2 Å². The molecular formula is C27H40O2. The summed E-state index contributed by atoms with van der Waals surface area (Å²) in [5.74, 6) is 3.17. The Hall–Kier alpha value is -0.860. The summed E-state index contributed by atoms with van der Waals surface area (Å²) in [5.41, 5.74) is 2.00. The first-order chi connectivity index (χ1) is 13.9. The maximum atomic E-state index is 11.2. The zero-order valence-electron chi connectivity index (χ0n) is 18.7. The van der Waals surface area contributed by atoms with Gasteiger partial charge in [0.25, 0.3) is 0 Å². The molecule has 29 heavy (non-hydrogen) atoms. The standard InChI is InChI=1S/C27H40O2/c1-25-14-11-20(17-19-7-5-4-6-8-19)18-21(25)9-10-22-23(25)12-15-26(2)24(22)13-16-27(26,28)29-3/h4-8,20-24,28H,9-18H2,1-3H3/t20?,21?,22-,23-,24+,25+,26+,27?/m1/s1. The summed E-state index contributed by atoms with van der Waals surface area (Å²) in [5, 5.41) is 11.2. The van der Waals surface area contributed by atoms with Crippen molar-refractivity contribution in [3.63, 3.8) is 0 Å². The van der Waals surface area contributed by atoms with Crippen molar-refractivity contribution in [3.8, 4) is 0 Å². The molecule has 8 atom stereocenters. The van der Waals surface area contributed by atoms with Crippen LogP contribution in [-0.2, 0) is 11.2 Å². The topological polar surface area (TPSA) is 29.5 Å². The fourth-order valence-corrected chi connectivity index (χ4v) is 8.79. The van der Waals surface area contributed by atoms with Gasteiger partial charge in [-0.2, -0.15) is 0 Å². The van der Waals surface area contributed by atoms with E-state index in [0.29, 0.717) is 11.3 Å². The van der Waals surface area contributed by atoms with Crippen molar-refractivity contribution < 1.29 is 9.84 Å². The van der Waals surface area contributed by atoms with Gasteiger partial charge in [-0.05, 0) is 98.4 Å². The molecule has 160 valence electrons. The number of methoxy groups -OCH3 is 1. The van der Waals surface area contributed by atoms with Crippen LogP contribution in [0, 0.1) is 40.4 Å². The van der Waals surface area contributed by atoms with Gasteiger partial charge in [0.15, 0.2) is 5.79 Å². The normalized spacial score (nSPS) is 49.2. The summed E-state index contributed by atoms with van der Waals surface area (Å²) >= 11 is 0. The van der Waals surface area contributed by atoms with Crippen LogP contribution in [0.25, 0.3) is 0 Å². The first kappa shape index (κ1) is 20.1. The van der Waals surface area contributed by atoms with Crippen LogP contribution in [0.1, 0.15) is 77.2 Å². The maximum Gasteiger partial charge on any atom is 0.170 e. The van der Waals surface area contributed by atoms with Crippen LogP contribution in [0.4, 0.5) is 0 Å². The first-order valence-corrected chi connectivity index (χ1v) is 12.2. The molecule has 4 fully saturated rings. The van der Waals surface area contributed by atoms with E-state index in [0.717, 1.165) is 42.9 Å². The Bertz CT molecular complexity index is 731. The van der Waals surface area contributed by atoms with E-state index in [1.54, 1.807) is 7.11 Å². The number of aliphatic hydroxyl groups is 1. The number of hydrogen-bond donors (Lipinski definition) is 1. The number of ether oxygens (including phenoxy) is 1. The van der Waals surface area contributed by atoms with Crippen LogP contribution in [0.2, 0.25) is 0 Å². The molecule has 2 heteroatoms. The SMILES string of the molecule is COC1(O)CC[C@H]2[C@@H]3CCC4CC(Cc5ccccc5)CC[C@]4(C)[C@@H]3CC[C@@]21C. The van der Waals surface area contributed by atoms with E-state index in [1.807, 2.05) is 0 Å². The van der Waals surface area contributed by atoms with Gasteiger partial charge >= 0.3 is 0 Å². The number of rotatable bonds is 3. The van der Waals surface area contributed by atoms with Crippen molar-refractivity contribution in [3.05, 3.63) is 35.9 Å². The molecule has 5 rings (SSSR count). The average molecular weight is 397 g/mol. The molecule has 0 spiro atoms. The van der Waals surface area contributed by atoms with Crippen molar-refractivity contribution in [2.45, 2.75) is 83.8 Å². The molecule has 1 aromatic carbocycles. The second-order valence-electron chi connectivity index (χ2n) is 11.5. The molecule has 1 aromatic rings. The molecule has 1 N–H and O–H groups in total. The zero-order chi connectivity index (χ0) is 20.3. The molecule has 0 bridgehead atoms. The predicted octanol–water partition coefficient (Wildman–Crippen LogP) is 6.22. The average Bonchev–Trinajstić information content (AvgIpc) is 3.01.